The summed E-state index contributed by atoms with van der Waals surface area (Å²) in [5, 5.41) is 21.1. The minimum Gasteiger partial charge on any atom is -0.455 e. The second-order valence-corrected chi connectivity index (χ2v) is 14.3. The van der Waals surface area contributed by atoms with Crippen LogP contribution < -0.4 is 0 Å². The number of carbonyl (C=O) groups is 1. The number of aliphatic hydroxyl groups excluding tert-OH is 2. The third kappa shape index (κ3) is 12.0. The number of cyclic esters (lactones) is 1. The summed E-state index contributed by atoms with van der Waals surface area (Å²) >= 11 is 0. The normalized spacial score (nSPS) is 31.9. The van der Waals surface area contributed by atoms with Crippen molar-refractivity contribution in [3.05, 3.63) is 11.6 Å². The van der Waals surface area contributed by atoms with Crippen LogP contribution in [0.4, 0.5) is 0 Å². The van der Waals surface area contributed by atoms with Gasteiger partial charge in [0, 0.05) is 12.0 Å². The van der Waals surface area contributed by atoms with Crippen molar-refractivity contribution in [3.8, 4) is 0 Å². The standard InChI is InChI=1S/C37H64O7/c1-3-4-5-6-7-8-9-10-11-15-18-31(39)32-21-22-35(43-32)36-24-23-34(44-36)33-20-19-30(42-33)17-14-12-13-16-29(38)26-28-25-27(2)41-37(28)40/h25,27,29-36,38-39H,3-24,26H2,1-2H3/t27-,29+,30+,31?,32+,33-,34-,35-,36-/m0/s1. The lowest BCUT2D eigenvalue weighted by molar-refractivity contribution is -0.139. The fourth-order valence-electron chi connectivity index (χ4n) is 7.79. The Morgan fingerprint density at radius 3 is 1.95 bits per heavy atom. The van der Waals surface area contributed by atoms with Crippen molar-refractivity contribution in [2.75, 3.05) is 0 Å². The van der Waals surface area contributed by atoms with Crippen molar-refractivity contribution in [1.82, 2.24) is 0 Å². The van der Waals surface area contributed by atoms with Crippen LogP contribution in [-0.4, -0.2) is 71.1 Å². The van der Waals surface area contributed by atoms with Gasteiger partial charge >= 0.3 is 5.97 Å². The zero-order chi connectivity index (χ0) is 31.1. The van der Waals surface area contributed by atoms with Gasteiger partial charge in [-0.3, -0.25) is 0 Å². The van der Waals surface area contributed by atoms with E-state index in [2.05, 4.69) is 6.92 Å². The van der Waals surface area contributed by atoms with E-state index in [4.69, 9.17) is 18.9 Å². The maximum Gasteiger partial charge on any atom is 0.334 e. The van der Waals surface area contributed by atoms with Crippen LogP contribution in [0.2, 0.25) is 0 Å². The molecule has 9 atom stereocenters. The number of rotatable bonds is 22. The lowest BCUT2D eigenvalue weighted by atomic mass is 10.0. The predicted molar refractivity (Wildman–Crippen MR) is 173 cm³/mol. The van der Waals surface area contributed by atoms with Gasteiger partial charge in [0.2, 0.25) is 0 Å². The molecule has 3 saturated heterocycles. The molecule has 0 spiro atoms. The number of hydrogen-bond acceptors (Lipinski definition) is 7. The van der Waals surface area contributed by atoms with Gasteiger partial charge in [-0.25, -0.2) is 4.79 Å². The Morgan fingerprint density at radius 1 is 0.705 bits per heavy atom. The number of unbranched alkanes of at least 4 members (excludes halogenated alkanes) is 11. The van der Waals surface area contributed by atoms with Crippen LogP contribution in [0.15, 0.2) is 11.6 Å². The van der Waals surface area contributed by atoms with E-state index in [-0.39, 0.29) is 48.7 Å². The zero-order valence-electron chi connectivity index (χ0n) is 28.0. The molecule has 0 amide bonds. The monoisotopic (exact) mass is 620 g/mol. The highest BCUT2D eigenvalue weighted by molar-refractivity contribution is 5.90. The van der Waals surface area contributed by atoms with Crippen LogP contribution in [0, 0.1) is 0 Å². The smallest absolute Gasteiger partial charge is 0.334 e. The molecule has 2 N–H and O–H groups in total. The maximum atomic E-state index is 11.7. The molecule has 1 unspecified atom stereocenters. The van der Waals surface area contributed by atoms with Gasteiger partial charge in [0.15, 0.2) is 0 Å². The third-order valence-corrected chi connectivity index (χ3v) is 10.4. The number of hydrogen-bond donors (Lipinski definition) is 2. The lowest BCUT2D eigenvalue weighted by Crippen LogP contribution is -2.33. The molecular formula is C37H64O7. The van der Waals surface area contributed by atoms with Crippen LogP contribution in [0.5, 0.6) is 0 Å². The summed E-state index contributed by atoms with van der Waals surface area (Å²) in [7, 11) is 0. The minimum atomic E-state index is -0.481. The molecule has 4 aliphatic heterocycles. The maximum absolute atomic E-state index is 11.7. The van der Waals surface area contributed by atoms with Crippen molar-refractivity contribution >= 4 is 5.97 Å². The highest BCUT2D eigenvalue weighted by Crippen LogP contribution is 2.37. The molecule has 0 aromatic carbocycles. The Kier molecular flexibility index (Phi) is 16.0. The van der Waals surface area contributed by atoms with E-state index >= 15 is 0 Å². The molecule has 3 fully saturated rings. The molecule has 0 aromatic rings. The molecule has 0 radical (unpaired) electrons. The number of esters is 1. The van der Waals surface area contributed by atoms with Gasteiger partial charge in [-0.2, -0.15) is 0 Å². The van der Waals surface area contributed by atoms with Crippen molar-refractivity contribution in [2.45, 2.75) is 216 Å². The molecule has 4 heterocycles. The van der Waals surface area contributed by atoms with Gasteiger partial charge in [0.1, 0.15) is 6.10 Å². The van der Waals surface area contributed by atoms with Crippen LogP contribution in [0.3, 0.4) is 0 Å². The fraction of sp³-hybridized carbons (Fsp3) is 0.919. The van der Waals surface area contributed by atoms with Gasteiger partial charge in [-0.15, -0.1) is 0 Å². The molecule has 0 bridgehead atoms. The van der Waals surface area contributed by atoms with E-state index in [1.807, 2.05) is 13.0 Å². The van der Waals surface area contributed by atoms with Gasteiger partial charge in [0.25, 0.3) is 0 Å². The van der Waals surface area contributed by atoms with Crippen molar-refractivity contribution in [2.24, 2.45) is 0 Å². The van der Waals surface area contributed by atoms with E-state index in [1.165, 1.54) is 57.8 Å². The summed E-state index contributed by atoms with van der Waals surface area (Å²) in [5.74, 6) is -0.282. The van der Waals surface area contributed by atoms with E-state index < -0.39 is 6.10 Å². The molecule has 4 aliphatic rings. The molecule has 7 heteroatoms. The predicted octanol–water partition coefficient (Wildman–Crippen LogP) is 7.87. The fourth-order valence-corrected chi connectivity index (χ4v) is 7.79. The molecule has 0 saturated carbocycles. The van der Waals surface area contributed by atoms with Gasteiger partial charge < -0.3 is 29.2 Å². The molecule has 0 aliphatic carbocycles. The van der Waals surface area contributed by atoms with Gasteiger partial charge in [-0.1, -0.05) is 90.4 Å². The van der Waals surface area contributed by atoms with E-state index in [1.54, 1.807) is 0 Å². The van der Waals surface area contributed by atoms with E-state index in [9.17, 15) is 15.0 Å². The summed E-state index contributed by atoms with van der Waals surface area (Å²) < 4.78 is 24.4. The largest absolute Gasteiger partial charge is 0.455 e. The summed E-state index contributed by atoms with van der Waals surface area (Å²) in [6, 6.07) is 0. The molecule has 4 rings (SSSR count). The molecule has 254 valence electrons. The van der Waals surface area contributed by atoms with E-state index in [0.29, 0.717) is 24.5 Å². The highest BCUT2D eigenvalue weighted by Gasteiger charge is 2.43. The number of carbonyl (C=O) groups excluding carboxylic acids is 1. The Hall–Kier alpha value is -0.990. The Morgan fingerprint density at radius 2 is 1.27 bits per heavy atom. The first-order chi connectivity index (χ1) is 21.4. The van der Waals surface area contributed by atoms with E-state index in [0.717, 1.165) is 77.0 Å². The molecule has 7 nitrogen and oxygen atoms in total. The SMILES string of the molecule is CCCCCCCCCCCCC(O)[C@H]1CC[C@@H]([C@@H]2CC[C@@H]([C@@H]3CC[C@@H](CCCCC[C@@H](O)CC4=C[C@H](C)OC4=O)O3)O2)O1. The Bertz CT molecular complexity index is 846. The lowest BCUT2D eigenvalue weighted by Gasteiger charge is -2.24. The summed E-state index contributed by atoms with van der Waals surface area (Å²) in [4.78, 5) is 11.7. The van der Waals surface area contributed by atoms with Crippen LogP contribution in [-0.2, 0) is 23.7 Å². The van der Waals surface area contributed by atoms with Crippen molar-refractivity contribution in [3.63, 3.8) is 0 Å². The van der Waals surface area contributed by atoms with Gasteiger partial charge in [0.05, 0.1) is 48.8 Å². The Balaban J connectivity index is 1.00. The second-order valence-electron chi connectivity index (χ2n) is 14.3. The van der Waals surface area contributed by atoms with Crippen molar-refractivity contribution < 1.29 is 34.0 Å². The van der Waals surface area contributed by atoms with Crippen LogP contribution >= 0.6 is 0 Å². The number of ether oxygens (including phenoxy) is 4. The van der Waals surface area contributed by atoms with Crippen LogP contribution in [0.1, 0.15) is 162 Å². The summed E-state index contributed by atoms with van der Waals surface area (Å²) in [6.07, 6.45) is 27.1. The average Bonchev–Trinajstić information content (AvgIpc) is 3.81. The number of aliphatic hydroxyl groups is 2. The highest BCUT2D eigenvalue weighted by atomic mass is 16.6. The third-order valence-electron chi connectivity index (χ3n) is 10.4. The van der Waals surface area contributed by atoms with Crippen LogP contribution in [0.25, 0.3) is 0 Å². The first-order valence-corrected chi connectivity index (χ1v) is 18.7. The first kappa shape index (κ1) is 35.9. The molecule has 0 aromatic heterocycles. The first-order valence-electron chi connectivity index (χ1n) is 18.7. The molecule has 44 heavy (non-hydrogen) atoms. The topological polar surface area (TPSA) is 94.5 Å². The second kappa shape index (κ2) is 19.6. The summed E-state index contributed by atoms with van der Waals surface area (Å²) in [5.41, 5.74) is 0.614. The van der Waals surface area contributed by atoms with Gasteiger partial charge in [-0.05, 0) is 70.8 Å². The summed E-state index contributed by atoms with van der Waals surface area (Å²) in [6.45, 7) is 4.11. The molecular weight excluding hydrogens is 556 g/mol. The zero-order valence-corrected chi connectivity index (χ0v) is 28.0. The Labute approximate surface area is 267 Å². The minimum absolute atomic E-state index is 0.0329. The average molecular weight is 621 g/mol. The quantitative estimate of drug-likeness (QED) is 0.0939. The van der Waals surface area contributed by atoms with Crippen molar-refractivity contribution in [1.29, 1.82) is 0 Å².